The van der Waals surface area contributed by atoms with Crippen LogP contribution in [0.4, 0.5) is 0 Å². The molecule has 5 heteroatoms. The summed E-state index contributed by atoms with van der Waals surface area (Å²) in [5, 5.41) is 0. The number of hydrogen-bond acceptors (Lipinski definition) is 2. The molecule has 0 saturated heterocycles. The molecule has 0 aromatic carbocycles. The first-order valence-electron chi connectivity index (χ1n) is 1.09. The van der Waals surface area contributed by atoms with Crippen molar-refractivity contribution in [1.29, 1.82) is 0 Å². The van der Waals surface area contributed by atoms with Crippen molar-refractivity contribution in [2.24, 2.45) is 0 Å². The molecule has 0 spiro atoms. The molecule has 3 nitrogen and oxygen atoms in total. The molecule has 1 N–H and O–H groups in total. The molecule has 0 unspecified atom stereocenters. The van der Waals surface area contributed by atoms with Gasteiger partial charge in [0.25, 0.3) is 0 Å². The van der Waals surface area contributed by atoms with Gasteiger partial charge in [-0.1, -0.05) is 0 Å². The van der Waals surface area contributed by atoms with Crippen molar-refractivity contribution >= 4 is 21.3 Å². The van der Waals surface area contributed by atoms with Gasteiger partial charge in [-0.2, -0.15) is 0 Å². The Bertz CT molecular complexity index is 67.7. The molecule has 0 amide bonds. The van der Waals surface area contributed by atoms with Gasteiger partial charge in [0.15, 0.2) is 10.9 Å². The van der Waals surface area contributed by atoms with Crippen molar-refractivity contribution in [2.75, 3.05) is 0 Å². The van der Waals surface area contributed by atoms with Crippen LogP contribution in [0, 0.1) is 0 Å². The molecule has 5 heavy (non-hydrogen) atoms. The van der Waals surface area contributed by atoms with Gasteiger partial charge in [-0.05, 0) is 0 Å². The van der Waals surface area contributed by atoms with E-state index >= 15 is 0 Å². The van der Waals surface area contributed by atoms with Crippen molar-refractivity contribution < 1.29 is 8.42 Å². The Morgan fingerprint density at radius 1 is 1.60 bits per heavy atom. The molecule has 0 aliphatic rings. The highest BCUT2D eigenvalue weighted by atomic mass is 32.2. The smallest absolute Gasteiger partial charge is 0.194 e. The van der Waals surface area contributed by atoms with Crippen molar-refractivity contribution in [1.82, 2.24) is 4.39 Å². The summed E-state index contributed by atoms with van der Waals surface area (Å²) in [6.07, 6.45) is 0. The summed E-state index contributed by atoms with van der Waals surface area (Å²) in [6, 6.07) is 0. The summed E-state index contributed by atoms with van der Waals surface area (Å²) >= 11 is 0. The maximum atomic E-state index is 9.33. The highest BCUT2D eigenvalue weighted by molar-refractivity contribution is 7.71. The zero-order valence-corrected chi connectivity index (χ0v) is 5.66. The first-order chi connectivity index (χ1) is 2.27. The summed E-state index contributed by atoms with van der Waals surface area (Å²) < 4.78 is 20.8. The van der Waals surface area contributed by atoms with Crippen LogP contribution in [0.25, 0.3) is 0 Å². The Hall–Kier alpha value is 0.127. The second-order valence-electron chi connectivity index (χ2n) is 0.481. The van der Waals surface area contributed by atoms with E-state index in [0.717, 1.165) is 0 Å². The molecule has 0 aliphatic heterocycles. The van der Waals surface area contributed by atoms with E-state index in [4.69, 9.17) is 0 Å². The molecule has 0 radical (unpaired) electrons. The lowest BCUT2D eigenvalue weighted by atomic mass is 13.9. The Kier molecular flexibility index (Phi) is 2.43. The molecule has 0 aromatic heterocycles. The molecule has 0 rings (SSSR count). The lowest BCUT2D eigenvalue weighted by Crippen LogP contribution is -2.02. The minimum atomic E-state index is -2.29. The van der Waals surface area contributed by atoms with Crippen LogP contribution in [-0.4, -0.2) is 18.8 Å². The van der Waals surface area contributed by atoms with Gasteiger partial charge >= 0.3 is 0 Å². The fourth-order valence-electron chi connectivity index (χ4n) is 0. The summed E-state index contributed by atoms with van der Waals surface area (Å²) in [5.74, 6) is 0. The van der Waals surface area contributed by atoms with Gasteiger partial charge in [0.1, 0.15) is 0 Å². The molecule has 0 saturated carbocycles. The van der Waals surface area contributed by atoms with Crippen LogP contribution in [0.15, 0.2) is 0 Å². The SMILES string of the molecule is O=[SH](=O)N[SiH3]. The predicted octanol–water partition coefficient (Wildman–Crippen LogP) is -2.62. The van der Waals surface area contributed by atoms with Crippen molar-refractivity contribution in [3.05, 3.63) is 0 Å². The zero-order chi connectivity index (χ0) is 4.28. The number of hydrogen-bond donors (Lipinski definition) is 2. The standard InChI is InChI=1S/H5NO2SSi/c2-4(3)1-5/h4H,5H3,(H,1,2,3). The Morgan fingerprint density at radius 2 is 1.80 bits per heavy atom. The molecular formula is H5NO2SSi. The molecule has 0 heterocycles. The second kappa shape index (κ2) is 2.37. The van der Waals surface area contributed by atoms with E-state index < -0.39 is 10.9 Å². The van der Waals surface area contributed by atoms with Gasteiger partial charge in [0.05, 0.1) is 10.4 Å². The van der Waals surface area contributed by atoms with Crippen LogP contribution in [0.5, 0.6) is 0 Å². The monoisotopic (exact) mass is 111 g/mol. The minimum absolute atomic E-state index is 0.527. The molecule has 32 valence electrons. The van der Waals surface area contributed by atoms with E-state index in [0.29, 0.717) is 10.4 Å². The summed E-state index contributed by atoms with van der Waals surface area (Å²) in [4.78, 5) is 0. The van der Waals surface area contributed by atoms with Gasteiger partial charge in [-0.25, -0.2) is 12.8 Å². The van der Waals surface area contributed by atoms with Gasteiger partial charge in [-0.3, -0.25) is 0 Å². The number of rotatable bonds is 1. The van der Waals surface area contributed by atoms with E-state index in [1.54, 1.807) is 0 Å². The Labute approximate surface area is 35.0 Å². The van der Waals surface area contributed by atoms with Crippen LogP contribution >= 0.6 is 0 Å². The van der Waals surface area contributed by atoms with Gasteiger partial charge in [0.2, 0.25) is 0 Å². The van der Waals surface area contributed by atoms with E-state index in [-0.39, 0.29) is 0 Å². The largest absolute Gasteiger partial charge is 0.250 e. The normalized spacial score (nSPS) is 9.80. The Morgan fingerprint density at radius 3 is 1.80 bits per heavy atom. The Balaban J connectivity index is 3.23. The van der Waals surface area contributed by atoms with E-state index in [1.807, 2.05) is 0 Å². The van der Waals surface area contributed by atoms with Gasteiger partial charge in [0, 0.05) is 0 Å². The summed E-state index contributed by atoms with van der Waals surface area (Å²) in [6.45, 7) is 0. The molecule has 0 aliphatic carbocycles. The molecule has 0 atom stereocenters. The topological polar surface area (TPSA) is 46.2 Å². The van der Waals surface area contributed by atoms with Crippen LogP contribution in [0.1, 0.15) is 0 Å². The van der Waals surface area contributed by atoms with Crippen LogP contribution < -0.4 is 4.39 Å². The van der Waals surface area contributed by atoms with Crippen LogP contribution in [0.3, 0.4) is 0 Å². The van der Waals surface area contributed by atoms with Crippen molar-refractivity contribution in [2.45, 2.75) is 0 Å². The lowest BCUT2D eigenvalue weighted by Gasteiger charge is -1.67. The fraction of sp³-hybridized carbons (Fsp3) is 0. The number of thiol groups is 1. The van der Waals surface area contributed by atoms with Crippen molar-refractivity contribution in [3.63, 3.8) is 0 Å². The minimum Gasteiger partial charge on any atom is -0.250 e. The molecule has 0 bridgehead atoms. The third-order valence-electron chi connectivity index (χ3n) is 0.183. The molecule has 0 fully saturated rings. The zero-order valence-electron chi connectivity index (χ0n) is 2.76. The van der Waals surface area contributed by atoms with Gasteiger partial charge in [-0.15, -0.1) is 0 Å². The quantitative estimate of drug-likeness (QED) is 0.287. The van der Waals surface area contributed by atoms with Crippen molar-refractivity contribution in [3.8, 4) is 0 Å². The first-order valence-corrected chi connectivity index (χ1v) is 3.27. The third-order valence-corrected chi connectivity index (χ3v) is 1.64. The third kappa shape index (κ3) is 4.13. The summed E-state index contributed by atoms with van der Waals surface area (Å²) in [7, 11) is -1.76. The summed E-state index contributed by atoms with van der Waals surface area (Å²) in [5.41, 5.74) is 0. The lowest BCUT2D eigenvalue weighted by molar-refractivity contribution is 0.613. The highest BCUT2D eigenvalue weighted by Crippen LogP contribution is 1.31. The predicted molar refractivity (Wildman–Crippen MR) is 23.4 cm³/mol. The molecule has 0 aromatic rings. The van der Waals surface area contributed by atoms with E-state index in [2.05, 4.69) is 4.39 Å². The van der Waals surface area contributed by atoms with Crippen LogP contribution in [0.2, 0.25) is 0 Å². The first kappa shape index (κ1) is 5.13. The average molecular weight is 111 g/mol. The highest BCUT2D eigenvalue weighted by Gasteiger charge is 1.60. The maximum absolute atomic E-state index is 9.33. The number of nitrogens with one attached hydrogen (secondary N) is 1. The fourth-order valence-corrected chi connectivity index (χ4v) is 0. The van der Waals surface area contributed by atoms with E-state index in [9.17, 15) is 8.42 Å². The van der Waals surface area contributed by atoms with Crippen LogP contribution in [-0.2, 0) is 10.9 Å². The van der Waals surface area contributed by atoms with E-state index in [1.165, 1.54) is 0 Å². The van der Waals surface area contributed by atoms with Gasteiger partial charge < -0.3 is 0 Å². The second-order valence-corrected chi connectivity index (χ2v) is 2.78. The maximum Gasteiger partial charge on any atom is 0.194 e. The average Bonchev–Trinajstić information content (AvgIpc) is 1.38. The molecular weight excluding hydrogens is 106 g/mol.